The van der Waals surface area contributed by atoms with E-state index in [1.54, 1.807) is 0 Å². The number of nitrogens with two attached hydrogens (primary N) is 1. The summed E-state index contributed by atoms with van der Waals surface area (Å²) in [6.07, 6.45) is 1.57. The third-order valence-electron chi connectivity index (χ3n) is 3.64. The van der Waals surface area contributed by atoms with Crippen LogP contribution in [-0.4, -0.2) is 18.8 Å². The lowest BCUT2D eigenvalue weighted by atomic mass is 9.88. The average molecular weight is 237 g/mol. The molecule has 0 bridgehead atoms. The van der Waals surface area contributed by atoms with Gasteiger partial charge in [-0.2, -0.15) is 0 Å². The van der Waals surface area contributed by atoms with Crippen molar-refractivity contribution in [1.82, 2.24) is 0 Å². The Labute approximate surface area is 102 Å². The molecular weight excluding hydrogens is 217 g/mol. The second kappa shape index (κ2) is 5.15. The minimum Gasteiger partial charge on any atom is -0.373 e. The summed E-state index contributed by atoms with van der Waals surface area (Å²) in [4.78, 5) is 0. The second-order valence-electron chi connectivity index (χ2n) is 4.72. The van der Waals surface area contributed by atoms with Crippen molar-refractivity contribution in [2.45, 2.75) is 38.0 Å². The lowest BCUT2D eigenvalue weighted by Crippen LogP contribution is -2.35. The van der Waals surface area contributed by atoms with E-state index in [1.807, 2.05) is 25.1 Å². The van der Waals surface area contributed by atoms with Gasteiger partial charge in [0, 0.05) is 13.0 Å². The lowest BCUT2D eigenvalue weighted by Gasteiger charge is -2.31. The van der Waals surface area contributed by atoms with Crippen LogP contribution in [0.15, 0.2) is 24.3 Å². The number of ether oxygens (including phenoxy) is 1. The number of hydrogen-bond donors (Lipinski definition) is 1. The first kappa shape index (κ1) is 12.5. The summed E-state index contributed by atoms with van der Waals surface area (Å²) in [5, 5.41) is 0. The fourth-order valence-electron chi connectivity index (χ4n) is 2.35. The van der Waals surface area contributed by atoms with Gasteiger partial charge >= 0.3 is 0 Å². The number of fused-ring (bicyclic) bond motifs is 1. The molecule has 0 aliphatic carbocycles. The molecule has 1 aromatic rings. The van der Waals surface area contributed by atoms with E-state index in [9.17, 15) is 4.39 Å². The molecule has 0 fully saturated rings. The van der Waals surface area contributed by atoms with Crippen LogP contribution in [-0.2, 0) is 11.2 Å². The van der Waals surface area contributed by atoms with Crippen molar-refractivity contribution in [3.63, 3.8) is 0 Å². The standard InChI is InChI=1S/C14H20FNO/c1-2-14(15,10-16)9-13-12-6-4-3-5-11(12)7-8-17-13/h3-6,13H,2,7-10,16H2,1H3. The van der Waals surface area contributed by atoms with E-state index in [1.165, 1.54) is 5.56 Å². The Kier molecular flexibility index (Phi) is 3.79. The summed E-state index contributed by atoms with van der Waals surface area (Å²) in [6.45, 7) is 2.57. The summed E-state index contributed by atoms with van der Waals surface area (Å²) in [5.41, 5.74) is 6.62. The SMILES string of the molecule is CCC(F)(CN)CC1OCCc2ccccc21. The molecule has 17 heavy (non-hydrogen) atoms. The van der Waals surface area contributed by atoms with Gasteiger partial charge in [0.2, 0.25) is 0 Å². The zero-order valence-electron chi connectivity index (χ0n) is 10.3. The molecule has 0 spiro atoms. The van der Waals surface area contributed by atoms with Gasteiger partial charge in [-0.05, 0) is 24.0 Å². The average Bonchev–Trinajstić information content (AvgIpc) is 2.39. The van der Waals surface area contributed by atoms with Crippen molar-refractivity contribution in [2.75, 3.05) is 13.2 Å². The van der Waals surface area contributed by atoms with Crippen LogP contribution in [0.1, 0.15) is 37.0 Å². The quantitative estimate of drug-likeness (QED) is 0.874. The molecule has 0 aromatic heterocycles. The molecule has 3 heteroatoms. The lowest BCUT2D eigenvalue weighted by molar-refractivity contribution is -0.00600. The van der Waals surface area contributed by atoms with Crippen molar-refractivity contribution >= 4 is 0 Å². The molecule has 2 unspecified atom stereocenters. The normalized spacial score (nSPS) is 22.9. The molecule has 1 heterocycles. The molecule has 2 rings (SSSR count). The van der Waals surface area contributed by atoms with Crippen molar-refractivity contribution in [3.05, 3.63) is 35.4 Å². The van der Waals surface area contributed by atoms with Crippen LogP contribution in [0, 0.1) is 0 Å². The topological polar surface area (TPSA) is 35.2 Å². The van der Waals surface area contributed by atoms with E-state index in [4.69, 9.17) is 10.5 Å². The first-order valence-electron chi connectivity index (χ1n) is 6.27. The fraction of sp³-hybridized carbons (Fsp3) is 0.571. The molecule has 0 saturated heterocycles. The van der Waals surface area contributed by atoms with Crippen LogP contribution in [0.2, 0.25) is 0 Å². The maximum Gasteiger partial charge on any atom is 0.125 e. The maximum atomic E-state index is 14.3. The van der Waals surface area contributed by atoms with Crippen LogP contribution in [0.4, 0.5) is 4.39 Å². The molecule has 1 aliphatic heterocycles. The van der Waals surface area contributed by atoms with E-state index in [0.29, 0.717) is 19.4 Å². The van der Waals surface area contributed by atoms with Gasteiger partial charge in [-0.1, -0.05) is 31.2 Å². The summed E-state index contributed by atoms with van der Waals surface area (Å²) in [7, 11) is 0. The summed E-state index contributed by atoms with van der Waals surface area (Å²) >= 11 is 0. The highest BCUT2D eigenvalue weighted by Crippen LogP contribution is 2.35. The van der Waals surface area contributed by atoms with E-state index < -0.39 is 5.67 Å². The highest BCUT2D eigenvalue weighted by atomic mass is 19.1. The zero-order chi connectivity index (χ0) is 12.3. The van der Waals surface area contributed by atoms with Gasteiger partial charge in [-0.3, -0.25) is 0 Å². The predicted octanol–water partition coefficient (Wildman–Crippen LogP) is 2.77. The predicted molar refractivity (Wildman–Crippen MR) is 66.6 cm³/mol. The van der Waals surface area contributed by atoms with Crippen molar-refractivity contribution in [1.29, 1.82) is 0 Å². The summed E-state index contributed by atoms with van der Waals surface area (Å²) in [6, 6.07) is 8.13. The van der Waals surface area contributed by atoms with E-state index >= 15 is 0 Å². The number of hydrogen-bond acceptors (Lipinski definition) is 2. The van der Waals surface area contributed by atoms with Crippen molar-refractivity contribution < 1.29 is 9.13 Å². The highest BCUT2D eigenvalue weighted by Gasteiger charge is 2.33. The van der Waals surface area contributed by atoms with E-state index in [2.05, 4.69) is 6.07 Å². The molecule has 1 aliphatic rings. The van der Waals surface area contributed by atoms with Gasteiger partial charge in [-0.15, -0.1) is 0 Å². The Morgan fingerprint density at radius 2 is 2.24 bits per heavy atom. The Balaban J connectivity index is 2.19. The minimum absolute atomic E-state index is 0.0610. The minimum atomic E-state index is -1.31. The molecule has 0 amide bonds. The van der Waals surface area contributed by atoms with Gasteiger partial charge < -0.3 is 10.5 Å². The molecule has 94 valence electrons. The zero-order valence-corrected chi connectivity index (χ0v) is 10.3. The number of halogens is 1. The van der Waals surface area contributed by atoms with E-state index in [-0.39, 0.29) is 12.6 Å². The van der Waals surface area contributed by atoms with Crippen LogP contribution >= 0.6 is 0 Å². The van der Waals surface area contributed by atoms with Crippen molar-refractivity contribution in [2.24, 2.45) is 5.73 Å². The third-order valence-corrected chi connectivity index (χ3v) is 3.64. The molecule has 2 N–H and O–H groups in total. The number of alkyl halides is 1. The first-order valence-corrected chi connectivity index (χ1v) is 6.27. The second-order valence-corrected chi connectivity index (χ2v) is 4.72. The van der Waals surface area contributed by atoms with Gasteiger partial charge in [-0.25, -0.2) is 4.39 Å². The molecule has 1 aromatic carbocycles. The van der Waals surface area contributed by atoms with Crippen LogP contribution in [0.3, 0.4) is 0 Å². The number of rotatable bonds is 4. The summed E-state index contributed by atoms with van der Waals surface area (Å²) in [5.74, 6) is 0. The van der Waals surface area contributed by atoms with E-state index in [0.717, 1.165) is 12.0 Å². The Bertz CT molecular complexity index is 376. The Hall–Kier alpha value is -0.930. The van der Waals surface area contributed by atoms with Crippen LogP contribution in [0.25, 0.3) is 0 Å². The first-order chi connectivity index (χ1) is 8.18. The molecule has 0 radical (unpaired) electrons. The molecule has 2 nitrogen and oxygen atoms in total. The van der Waals surface area contributed by atoms with Gasteiger partial charge in [0.15, 0.2) is 0 Å². The Morgan fingerprint density at radius 1 is 1.47 bits per heavy atom. The maximum absolute atomic E-state index is 14.3. The van der Waals surface area contributed by atoms with Crippen LogP contribution in [0.5, 0.6) is 0 Å². The van der Waals surface area contributed by atoms with Crippen molar-refractivity contribution in [3.8, 4) is 0 Å². The number of benzene rings is 1. The molecular formula is C14H20FNO. The highest BCUT2D eigenvalue weighted by molar-refractivity contribution is 5.31. The largest absolute Gasteiger partial charge is 0.373 e. The fourth-order valence-corrected chi connectivity index (χ4v) is 2.35. The van der Waals surface area contributed by atoms with Gasteiger partial charge in [0.05, 0.1) is 12.7 Å². The third kappa shape index (κ3) is 2.67. The molecule has 2 atom stereocenters. The molecule has 0 saturated carbocycles. The smallest absolute Gasteiger partial charge is 0.125 e. The monoisotopic (exact) mass is 237 g/mol. The Morgan fingerprint density at radius 3 is 2.94 bits per heavy atom. The van der Waals surface area contributed by atoms with Gasteiger partial charge in [0.1, 0.15) is 5.67 Å². The summed E-state index contributed by atoms with van der Waals surface area (Å²) < 4.78 is 20.0. The van der Waals surface area contributed by atoms with Gasteiger partial charge in [0.25, 0.3) is 0 Å². The van der Waals surface area contributed by atoms with Crippen LogP contribution < -0.4 is 5.73 Å².